The van der Waals surface area contributed by atoms with Gasteiger partial charge in [-0.1, -0.05) is 42.5 Å². The maximum Gasteiger partial charge on any atom is 0.335 e. The highest BCUT2D eigenvalue weighted by molar-refractivity contribution is 5.87. The van der Waals surface area contributed by atoms with Crippen LogP contribution in [-0.2, 0) is 24.3 Å². The largest absolute Gasteiger partial charge is 0.478 e. The molecule has 3 rings (SSSR count). The number of amides is 1. The number of aromatic carboxylic acids is 1. The number of aromatic nitrogens is 2. The summed E-state index contributed by atoms with van der Waals surface area (Å²) in [7, 11) is 0. The highest BCUT2D eigenvalue weighted by atomic mass is 16.4. The number of carboxylic acid groups (broad SMARTS) is 1. The van der Waals surface area contributed by atoms with E-state index in [0.29, 0.717) is 25.9 Å². The van der Waals surface area contributed by atoms with Gasteiger partial charge in [-0.05, 0) is 43.5 Å². The molecule has 1 heterocycles. The van der Waals surface area contributed by atoms with Crippen LogP contribution < -0.4 is 5.32 Å². The lowest BCUT2D eigenvalue weighted by atomic mass is 10.1. The van der Waals surface area contributed by atoms with Crippen molar-refractivity contribution in [1.82, 2.24) is 15.1 Å². The quantitative estimate of drug-likeness (QED) is 0.616. The van der Waals surface area contributed by atoms with Crippen LogP contribution in [0.5, 0.6) is 0 Å². The summed E-state index contributed by atoms with van der Waals surface area (Å²) >= 11 is 0. The van der Waals surface area contributed by atoms with Crippen molar-refractivity contribution in [3.8, 4) is 0 Å². The van der Waals surface area contributed by atoms with Crippen molar-refractivity contribution in [3.05, 3.63) is 88.2 Å². The highest BCUT2D eigenvalue weighted by Crippen LogP contribution is 2.15. The van der Waals surface area contributed by atoms with Crippen molar-refractivity contribution in [2.24, 2.45) is 0 Å². The van der Waals surface area contributed by atoms with Crippen LogP contribution in [0.3, 0.4) is 0 Å². The zero-order valence-electron chi connectivity index (χ0n) is 16.7. The lowest BCUT2D eigenvalue weighted by molar-refractivity contribution is -0.121. The van der Waals surface area contributed by atoms with Crippen molar-refractivity contribution >= 4 is 11.9 Å². The number of benzene rings is 2. The van der Waals surface area contributed by atoms with E-state index in [4.69, 9.17) is 5.11 Å². The summed E-state index contributed by atoms with van der Waals surface area (Å²) < 4.78 is 1.97. The number of hydrogen-bond acceptors (Lipinski definition) is 3. The van der Waals surface area contributed by atoms with Gasteiger partial charge in [-0.3, -0.25) is 9.48 Å². The van der Waals surface area contributed by atoms with Crippen LogP contribution in [0.15, 0.2) is 54.6 Å². The van der Waals surface area contributed by atoms with Crippen LogP contribution >= 0.6 is 0 Å². The van der Waals surface area contributed by atoms with E-state index in [0.717, 1.165) is 22.5 Å². The minimum Gasteiger partial charge on any atom is -0.478 e. The van der Waals surface area contributed by atoms with Crippen LogP contribution in [-0.4, -0.2) is 26.8 Å². The maximum atomic E-state index is 12.3. The number of nitrogens with one attached hydrogen (secondary N) is 1. The fourth-order valence-corrected chi connectivity index (χ4v) is 3.25. The summed E-state index contributed by atoms with van der Waals surface area (Å²) in [5.74, 6) is -0.991. The standard InChI is InChI=1S/C23H25N3O3/c1-16-21(17(2)26(25-16)15-19-6-4-3-5-7-19)14-24-22(27)13-10-18-8-11-20(12-9-18)23(28)29/h3-9,11-12H,10,13-15H2,1-2H3,(H,24,27)(H,28,29). The predicted molar refractivity (Wildman–Crippen MR) is 111 cm³/mol. The van der Waals surface area contributed by atoms with Gasteiger partial charge in [0.1, 0.15) is 0 Å². The molecule has 0 fully saturated rings. The first-order valence-electron chi connectivity index (χ1n) is 9.60. The number of carbonyl (C=O) groups is 2. The molecule has 0 saturated heterocycles. The lowest BCUT2D eigenvalue weighted by Gasteiger charge is -2.08. The van der Waals surface area contributed by atoms with Gasteiger partial charge in [0.15, 0.2) is 0 Å². The van der Waals surface area contributed by atoms with Crippen LogP contribution in [0.4, 0.5) is 0 Å². The molecule has 0 bridgehead atoms. The number of carboxylic acids is 1. The van der Waals surface area contributed by atoms with E-state index in [-0.39, 0.29) is 11.5 Å². The molecule has 0 atom stereocenters. The van der Waals surface area contributed by atoms with Crippen molar-refractivity contribution in [2.45, 2.75) is 39.8 Å². The molecule has 0 unspecified atom stereocenters. The van der Waals surface area contributed by atoms with Gasteiger partial charge in [0, 0.05) is 24.2 Å². The molecular formula is C23H25N3O3. The number of rotatable bonds is 8. The lowest BCUT2D eigenvalue weighted by Crippen LogP contribution is -2.23. The van der Waals surface area contributed by atoms with E-state index in [1.807, 2.05) is 36.7 Å². The minimum atomic E-state index is -0.951. The summed E-state index contributed by atoms with van der Waals surface area (Å²) in [6.45, 7) is 5.13. The Morgan fingerprint density at radius 2 is 1.69 bits per heavy atom. The molecule has 3 aromatic rings. The molecular weight excluding hydrogens is 366 g/mol. The first-order chi connectivity index (χ1) is 13.9. The molecule has 2 aromatic carbocycles. The average molecular weight is 391 g/mol. The second kappa shape index (κ2) is 9.19. The smallest absolute Gasteiger partial charge is 0.335 e. The van der Waals surface area contributed by atoms with Gasteiger partial charge in [0.05, 0.1) is 17.8 Å². The molecule has 6 nitrogen and oxygen atoms in total. The van der Waals surface area contributed by atoms with E-state index >= 15 is 0 Å². The van der Waals surface area contributed by atoms with Gasteiger partial charge < -0.3 is 10.4 Å². The van der Waals surface area contributed by atoms with Crippen molar-refractivity contribution in [2.75, 3.05) is 0 Å². The Bertz CT molecular complexity index is 992. The third-order valence-electron chi connectivity index (χ3n) is 5.01. The van der Waals surface area contributed by atoms with Crippen LogP contribution in [0.2, 0.25) is 0 Å². The second-order valence-corrected chi connectivity index (χ2v) is 7.07. The number of aryl methyl sites for hydroxylation is 2. The molecule has 0 saturated carbocycles. The van der Waals surface area contributed by atoms with E-state index in [9.17, 15) is 9.59 Å². The first-order valence-corrected chi connectivity index (χ1v) is 9.60. The van der Waals surface area contributed by atoms with Crippen LogP contribution in [0, 0.1) is 13.8 Å². The highest BCUT2D eigenvalue weighted by Gasteiger charge is 2.13. The van der Waals surface area contributed by atoms with Gasteiger partial charge in [-0.2, -0.15) is 5.10 Å². The molecule has 2 N–H and O–H groups in total. The summed E-state index contributed by atoms with van der Waals surface area (Å²) in [5, 5.41) is 16.5. The van der Waals surface area contributed by atoms with Crippen molar-refractivity contribution in [3.63, 3.8) is 0 Å². The SMILES string of the molecule is Cc1nn(Cc2ccccc2)c(C)c1CNC(=O)CCc1ccc(C(=O)O)cc1. The van der Waals surface area contributed by atoms with Gasteiger partial charge in [-0.15, -0.1) is 0 Å². The summed E-state index contributed by atoms with van der Waals surface area (Å²) in [4.78, 5) is 23.1. The van der Waals surface area contributed by atoms with Gasteiger partial charge in [0.25, 0.3) is 0 Å². The van der Waals surface area contributed by atoms with Crippen molar-refractivity contribution < 1.29 is 14.7 Å². The Hall–Kier alpha value is -3.41. The third kappa shape index (κ3) is 5.31. The Balaban J connectivity index is 1.54. The molecule has 0 aliphatic heterocycles. The Labute approximate surface area is 170 Å². The predicted octanol–water partition coefficient (Wildman–Crippen LogP) is 3.50. The molecule has 1 aromatic heterocycles. The van der Waals surface area contributed by atoms with E-state index in [1.165, 1.54) is 5.56 Å². The Kier molecular flexibility index (Phi) is 6.44. The van der Waals surface area contributed by atoms with Crippen LogP contribution in [0.1, 0.15) is 44.9 Å². The molecule has 29 heavy (non-hydrogen) atoms. The number of hydrogen-bond donors (Lipinski definition) is 2. The normalized spacial score (nSPS) is 10.7. The summed E-state index contributed by atoms with van der Waals surface area (Å²) in [6, 6.07) is 16.8. The van der Waals surface area contributed by atoms with E-state index in [1.54, 1.807) is 24.3 Å². The third-order valence-corrected chi connectivity index (χ3v) is 5.01. The Morgan fingerprint density at radius 3 is 2.34 bits per heavy atom. The Morgan fingerprint density at radius 1 is 1.00 bits per heavy atom. The summed E-state index contributed by atoms with van der Waals surface area (Å²) in [5.41, 5.74) is 5.38. The monoisotopic (exact) mass is 391 g/mol. The molecule has 6 heteroatoms. The first kappa shape index (κ1) is 20.3. The fourth-order valence-electron chi connectivity index (χ4n) is 3.25. The fraction of sp³-hybridized carbons (Fsp3) is 0.261. The molecule has 0 radical (unpaired) electrons. The van der Waals surface area contributed by atoms with Gasteiger partial charge in [-0.25, -0.2) is 4.79 Å². The van der Waals surface area contributed by atoms with Gasteiger partial charge >= 0.3 is 5.97 Å². The minimum absolute atomic E-state index is 0.0399. The molecule has 0 aliphatic carbocycles. The maximum absolute atomic E-state index is 12.3. The topological polar surface area (TPSA) is 84.2 Å². The van der Waals surface area contributed by atoms with Gasteiger partial charge in [0.2, 0.25) is 5.91 Å². The average Bonchev–Trinajstić information content (AvgIpc) is 2.98. The second-order valence-electron chi connectivity index (χ2n) is 7.07. The van der Waals surface area contributed by atoms with E-state index in [2.05, 4.69) is 22.5 Å². The summed E-state index contributed by atoms with van der Waals surface area (Å²) in [6.07, 6.45) is 0.916. The number of carbonyl (C=O) groups excluding carboxylic acids is 1. The zero-order valence-corrected chi connectivity index (χ0v) is 16.7. The van der Waals surface area contributed by atoms with Crippen molar-refractivity contribution in [1.29, 1.82) is 0 Å². The van der Waals surface area contributed by atoms with E-state index < -0.39 is 5.97 Å². The van der Waals surface area contributed by atoms with Crippen LogP contribution in [0.25, 0.3) is 0 Å². The molecule has 1 amide bonds. The zero-order chi connectivity index (χ0) is 20.8. The number of nitrogens with zero attached hydrogens (tertiary/aromatic N) is 2. The molecule has 150 valence electrons. The molecule has 0 spiro atoms. The molecule has 0 aliphatic rings.